The fraction of sp³-hybridized carbons (Fsp3) is 0.158. The number of ether oxygens (including phenoxy) is 1. The predicted molar refractivity (Wildman–Crippen MR) is 94.6 cm³/mol. The molecule has 116 valence electrons. The molecule has 0 N–H and O–H groups in total. The number of anilines is 1. The van der Waals surface area contributed by atoms with Gasteiger partial charge in [0, 0.05) is 11.9 Å². The number of amidine groups is 1. The van der Waals surface area contributed by atoms with Crippen molar-refractivity contribution in [3.8, 4) is 5.75 Å². The van der Waals surface area contributed by atoms with Gasteiger partial charge in [-0.1, -0.05) is 18.2 Å². The number of aliphatic imine (C=N–C) groups is 1. The molecule has 1 unspecified atom stereocenters. The van der Waals surface area contributed by atoms with E-state index in [0.717, 1.165) is 29.5 Å². The predicted octanol–water partition coefficient (Wildman–Crippen LogP) is 3.89. The summed E-state index contributed by atoms with van der Waals surface area (Å²) in [6.07, 6.45) is 1.85. The van der Waals surface area contributed by atoms with E-state index in [1.165, 1.54) is 16.1 Å². The minimum absolute atomic E-state index is 0.396. The van der Waals surface area contributed by atoms with Crippen LogP contribution in [0.4, 0.5) is 11.4 Å². The van der Waals surface area contributed by atoms with Gasteiger partial charge in [-0.2, -0.15) is 0 Å². The van der Waals surface area contributed by atoms with Gasteiger partial charge >= 0.3 is 0 Å². The van der Waals surface area contributed by atoms with Gasteiger partial charge in [0.05, 0.1) is 17.1 Å². The molecule has 3 aliphatic heterocycles. The number of hydrogen-bond acceptors (Lipinski definition) is 5. The Balaban J connectivity index is 1.71. The van der Waals surface area contributed by atoms with E-state index in [1.807, 2.05) is 18.3 Å². The maximum Gasteiger partial charge on any atom is 0.142 e. The van der Waals surface area contributed by atoms with E-state index < -0.39 is 5.41 Å². The molecule has 0 aliphatic carbocycles. The van der Waals surface area contributed by atoms with Crippen molar-refractivity contribution in [2.24, 2.45) is 4.99 Å². The number of rotatable bonds is 0. The second-order valence-electron chi connectivity index (χ2n) is 6.31. The van der Waals surface area contributed by atoms with E-state index in [4.69, 9.17) is 14.7 Å². The lowest BCUT2D eigenvalue weighted by molar-refractivity contribution is 0.325. The van der Waals surface area contributed by atoms with E-state index in [-0.39, 0.29) is 0 Å². The monoisotopic (exact) mass is 331 g/mol. The number of thiophene rings is 1. The van der Waals surface area contributed by atoms with Crippen molar-refractivity contribution in [3.05, 3.63) is 70.2 Å². The van der Waals surface area contributed by atoms with Gasteiger partial charge < -0.3 is 9.64 Å². The van der Waals surface area contributed by atoms with E-state index in [0.29, 0.717) is 6.61 Å². The summed E-state index contributed by atoms with van der Waals surface area (Å²) in [6.45, 7) is 1.43. The molecule has 0 radical (unpaired) electrons. The first-order chi connectivity index (χ1) is 11.9. The second kappa shape index (κ2) is 4.24. The molecule has 4 nitrogen and oxygen atoms in total. The Morgan fingerprint density at radius 3 is 3.08 bits per heavy atom. The van der Waals surface area contributed by atoms with Gasteiger partial charge in [-0.15, -0.1) is 11.3 Å². The Morgan fingerprint density at radius 1 is 1.12 bits per heavy atom. The van der Waals surface area contributed by atoms with Gasteiger partial charge in [0.15, 0.2) is 0 Å². The van der Waals surface area contributed by atoms with Crippen LogP contribution in [0, 0.1) is 0 Å². The van der Waals surface area contributed by atoms with Gasteiger partial charge in [0.2, 0.25) is 0 Å². The number of hydrogen-bond donors (Lipinski definition) is 0. The summed E-state index contributed by atoms with van der Waals surface area (Å²) in [7, 11) is 0. The van der Waals surface area contributed by atoms with Crippen LogP contribution in [0.3, 0.4) is 0 Å². The van der Waals surface area contributed by atoms with E-state index in [1.54, 1.807) is 11.3 Å². The molecule has 0 bridgehead atoms. The third-order valence-corrected chi connectivity index (χ3v) is 6.06. The molecule has 24 heavy (non-hydrogen) atoms. The Hall–Kier alpha value is -2.66. The number of benzene rings is 1. The largest absolute Gasteiger partial charge is 0.490 e. The summed E-state index contributed by atoms with van der Waals surface area (Å²) in [5, 5.41) is 2.12. The van der Waals surface area contributed by atoms with Crippen LogP contribution in [0.2, 0.25) is 0 Å². The van der Waals surface area contributed by atoms with Crippen LogP contribution in [0.25, 0.3) is 0 Å². The number of aromatic nitrogens is 1. The van der Waals surface area contributed by atoms with Crippen LogP contribution in [0.5, 0.6) is 5.75 Å². The third-order valence-electron chi connectivity index (χ3n) is 5.16. The van der Waals surface area contributed by atoms with E-state index in [9.17, 15) is 0 Å². The van der Waals surface area contributed by atoms with Crippen LogP contribution in [0.15, 0.2) is 59.0 Å². The Kier molecular flexibility index (Phi) is 2.25. The summed E-state index contributed by atoms with van der Waals surface area (Å²) in [5.41, 5.74) is 4.14. The van der Waals surface area contributed by atoms with Crippen molar-refractivity contribution in [1.82, 2.24) is 4.98 Å². The van der Waals surface area contributed by atoms with Crippen molar-refractivity contribution < 1.29 is 4.74 Å². The topological polar surface area (TPSA) is 37.7 Å². The van der Waals surface area contributed by atoms with E-state index in [2.05, 4.69) is 40.6 Å². The fourth-order valence-electron chi connectivity index (χ4n) is 4.12. The maximum atomic E-state index is 6.04. The van der Waals surface area contributed by atoms with Gasteiger partial charge in [-0.05, 0) is 35.2 Å². The molecule has 0 amide bonds. The molecular formula is C19H13N3OS. The van der Waals surface area contributed by atoms with Crippen molar-refractivity contribution in [3.63, 3.8) is 0 Å². The molecular weight excluding hydrogens is 318 g/mol. The quantitative estimate of drug-likeness (QED) is 0.627. The lowest BCUT2D eigenvalue weighted by Gasteiger charge is -2.29. The Morgan fingerprint density at radius 2 is 2.08 bits per heavy atom. The second-order valence-corrected chi connectivity index (χ2v) is 7.31. The minimum Gasteiger partial charge on any atom is -0.490 e. The zero-order valence-corrected chi connectivity index (χ0v) is 13.6. The van der Waals surface area contributed by atoms with Gasteiger partial charge in [0.25, 0.3) is 0 Å². The molecule has 3 aliphatic rings. The third kappa shape index (κ3) is 1.35. The molecule has 6 rings (SSSR count). The summed E-state index contributed by atoms with van der Waals surface area (Å²) in [6, 6.07) is 14.6. The average molecular weight is 331 g/mol. The first kappa shape index (κ1) is 12.7. The summed E-state index contributed by atoms with van der Waals surface area (Å²) >= 11 is 1.77. The Labute approximate surface area is 143 Å². The van der Waals surface area contributed by atoms with Gasteiger partial charge in [-0.25, -0.2) is 4.99 Å². The fourth-order valence-corrected chi connectivity index (χ4v) is 4.92. The standard InChI is InChI=1S/C19H13N3OS/c1-2-5-14-12(4-1)19(11-23-15-6-3-8-20-17(15)19)18-21-13-7-9-24-16(13)10-22(14)18/h1-9H,10-11H2. The van der Waals surface area contributed by atoms with Crippen LogP contribution in [-0.4, -0.2) is 17.4 Å². The van der Waals surface area contributed by atoms with Crippen molar-refractivity contribution in [1.29, 1.82) is 0 Å². The molecule has 1 spiro atoms. The maximum absolute atomic E-state index is 6.04. The highest BCUT2D eigenvalue weighted by molar-refractivity contribution is 7.10. The number of nitrogens with zero attached hydrogens (tertiary/aromatic N) is 3. The van der Waals surface area contributed by atoms with Crippen LogP contribution < -0.4 is 9.64 Å². The highest BCUT2D eigenvalue weighted by Crippen LogP contribution is 2.54. The first-order valence-electron chi connectivity index (χ1n) is 7.99. The molecule has 5 heterocycles. The SMILES string of the molecule is c1cnc2c(c1)OCC21C2=Nc3ccsc3CN2c2ccccc21. The van der Waals surface area contributed by atoms with Crippen molar-refractivity contribution >= 4 is 28.5 Å². The summed E-state index contributed by atoms with van der Waals surface area (Å²) < 4.78 is 6.04. The van der Waals surface area contributed by atoms with Crippen LogP contribution >= 0.6 is 11.3 Å². The van der Waals surface area contributed by atoms with Gasteiger partial charge in [0.1, 0.15) is 29.3 Å². The number of para-hydroxylation sites is 1. The highest BCUT2D eigenvalue weighted by atomic mass is 32.1. The lowest BCUT2D eigenvalue weighted by atomic mass is 9.79. The molecule has 1 aromatic carbocycles. The Bertz CT molecular complexity index is 1020. The molecule has 2 aromatic heterocycles. The zero-order chi connectivity index (χ0) is 15.7. The van der Waals surface area contributed by atoms with Crippen LogP contribution in [0.1, 0.15) is 16.1 Å². The summed E-state index contributed by atoms with van der Waals surface area (Å²) in [5.74, 6) is 1.92. The highest BCUT2D eigenvalue weighted by Gasteiger charge is 2.56. The normalized spacial score (nSPS) is 22.5. The zero-order valence-electron chi connectivity index (χ0n) is 12.8. The first-order valence-corrected chi connectivity index (χ1v) is 8.87. The number of pyridine rings is 1. The molecule has 0 saturated carbocycles. The molecule has 1 atom stereocenters. The van der Waals surface area contributed by atoms with E-state index >= 15 is 0 Å². The smallest absolute Gasteiger partial charge is 0.142 e. The molecule has 0 fully saturated rings. The number of fused-ring (bicyclic) bond motifs is 8. The minimum atomic E-state index is -0.396. The average Bonchev–Trinajstić information content (AvgIpc) is 3.31. The van der Waals surface area contributed by atoms with Crippen molar-refractivity contribution in [2.45, 2.75) is 12.0 Å². The molecule has 0 saturated heterocycles. The lowest BCUT2D eigenvalue weighted by Crippen LogP contribution is -2.43. The molecule has 3 aromatic rings. The van der Waals surface area contributed by atoms with Crippen molar-refractivity contribution in [2.75, 3.05) is 11.5 Å². The van der Waals surface area contributed by atoms with Crippen LogP contribution in [-0.2, 0) is 12.0 Å². The molecule has 5 heteroatoms. The van der Waals surface area contributed by atoms with Gasteiger partial charge in [-0.3, -0.25) is 4.98 Å². The summed E-state index contributed by atoms with van der Waals surface area (Å²) in [4.78, 5) is 13.4.